The van der Waals surface area contributed by atoms with Gasteiger partial charge < -0.3 is 9.84 Å². The second-order valence-corrected chi connectivity index (χ2v) is 3.68. The van der Waals surface area contributed by atoms with Gasteiger partial charge in [-0.1, -0.05) is 6.08 Å². The molecule has 0 aliphatic carbocycles. The van der Waals surface area contributed by atoms with E-state index in [0.29, 0.717) is 11.1 Å². The average Bonchev–Trinajstić information content (AvgIpc) is 2.47. The minimum Gasteiger partial charge on any atom is -0.507 e. The summed E-state index contributed by atoms with van der Waals surface area (Å²) >= 11 is 0. The second kappa shape index (κ2) is 7.54. The Kier molecular flexibility index (Phi) is 5.73. The van der Waals surface area contributed by atoms with E-state index in [-0.39, 0.29) is 12.4 Å². The zero-order valence-corrected chi connectivity index (χ0v) is 10.9. The molecule has 0 fully saturated rings. The Labute approximate surface area is 116 Å². The van der Waals surface area contributed by atoms with Gasteiger partial charge >= 0.3 is 5.97 Å². The maximum Gasteiger partial charge on any atom is 0.379 e. The molecule has 5 heteroatoms. The topological polar surface area (TPSA) is 87.4 Å². The van der Waals surface area contributed by atoms with Crippen LogP contribution >= 0.6 is 0 Å². The summed E-state index contributed by atoms with van der Waals surface area (Å²) in [4.78, 5) is 22.2. The van der Waals surface area contributed by atoms with Crippen LogP contribution in [-0.4, -0.2) is 23.5 Å². The minimum absolute atomic E-state index is 0.0811. The molecule has 0 radical (unpaired) electrons. The Morgan fingerprint density at radius 1 is 1.35 bits per heavy atom. The van der Waals surface area contributed by atoms with Crippen molar-refractivity contribution in [3.8, 4) is 6.07 Å². The Bertz CT molecular complexity index is 591. The summed E-state index contributed by atoms with van der Waals surface area (Å²) in [6.45, 7) is 1.73. The number of nitriles is 1. The largest absolute Gasteiger partial charge is 0.507 e. The first-order valence-corrected chi connectivity index (χ1v) is 5.87. The van der Waals surface area contributed by atoms with Crippen molar-refractivity contribution in [1.82, 2.24) is 0 Å². The Morgan fingerprint density at radius 2 is 2.00 bits per heavy atom. The van der Waals surface area contributed by atoms with Crippen molar-refractivity contribution in [2.45, 2.75) is 6.92 Å². The van der Waals surface area contributed by atoms with E-state index < -0.39 is 11.8 Å². The van der Waals surface area contributed by atoms with Crippen molar-refractivity contribution in [1.29, 1.82) is 5.26 Å². The lowest BCUT2D eigenvalue weighted by Gasteiger charge is -1.98. The van der Waals surface area contributed by atoms with Crippen LogP contribution in [0.25, 0.3) is 5.76 Å². The molecule has 102 valence electrons. The molecule has 0 atom stereocenters. The molecule has 0 aliphatic heterocycles. The van der Waals surface area contributed by atoms with Crippen LogP contribution in [0.4, 0.5) is 0 Å². The highest BCUT2D eigenvalue weighted by Crippen LogP contribution is 2.12. The number of allylic oxidation sites excluding steroid dienone is 2. The third-order valence-corrected chi connectivity index (χ3v) is 2.29. The third kappa shape index (κ3) is 4.42. The molecule has 0 aromatic heterocycles. The molecule has 0 aliphatic rings. The summed E-state index contributed by atoms with van der Waals surface area (Å²) in [6.07, 6.45) is 3.54. The summed E-state index contributed by atoms with van der Waals surface area (Å²) in [7, 11) is 0. The number of esters is 1. The van der Waals surface area contributed by atoms with E-state index in [9.17, 15) is 14.7 Å². The zero-order chi connectivity index (χ0) is 15.0. The number of carbonyl (C=O) groups is 2. The number of nitrogens with zero attached hydrogens (tertiary/aromatic N) is 1. The molecule has 0 saturated heterocycles. The van der Waals surface area contributed by atoms with E-state index in [2.05, 4.69) is 4.74 Å². The SMILES string of the molecule is CCOC(=O)C(=O)/C=C/C=C(\O)c1ccc(C#N)cc1. The quantitative estimate of drug-likeness (QED) is 0.291. The molecular weight excluding hydrogens is 258 g/mol. The van der Waals surface area contributed by atoms with E-state index in [4.69, 9.17) is 5.26 Å². The molecule has 0 heterocycles. The highest BCUT2D eigenvalue weighted by atomic mass is 16.5. The first-order chi connectivity index (χ1) is 9.58. The van der Waals surface area contributed by atoms with Gasteiger partial charge in [0.05, 0.1) is 18.2 Å². The molecule has 0 amide bonds. The molecule has 0 unspecified atom stereocenters. The van der Waals surface area contributed by atoms with Gasteiger partial charge in [-0.15, -0.1) is 0 Å². The number of hydrogen-bond acceptors (Lipinski definition) is 5. The summed E-state index contributed by atoms with van der Waals surface area (Å²) in [5, 5.41) is 18.4. The standard InChI is InChI=1S/C15H13NO4/c1-2-20-15(19)14(18)5-3-4-13(17)12-8-6-11(10-16)7-9-12/h3-9,17H,2H2,1H3/b5-3+,13-4-. The van der Waals surface area contributed by atoms with Crippen LogP contribution in [0.15, 0.2) is 42.5 Å². The number of aliphatic hydroxyl groups is 1. The van der Waals surface area contributed by atoms with Crippen molar-refractivity contribution in [2.24, 2.45) is 0 Å². The van der Waals surface area contributed by atoms with E-state index in [1.165, 1.54) is 12.2 Å². The van der Waals surface area contributed by atoms with Crippen LogP contribution in [0.3, 0.4) is 0 Å². The van der Waals surface area contributed by atoms with Crippen molar-refractivity contribution >= 4 is 17.5 Å². The van der Waals surface area contributed by atoms with Gasteiger partial charge in [-0.25, -0.2) is 4.79 Å². The van der Waals surface area contributed by atoms with Crippen LogP contribution in [-0.2, 0) is 14.3 Å². The Morgan fingerprint density at radius 3 is 2.55 bits per heavy atom. The first-order valence-electron chi connectivity index (χ1n) is 5.87. The number of aliphatic hydroxyl groups excluding tert-OH is 1. The molecule has 1 N–H and O–H groups in total. The van der Waals surface area contributed by atoms with Crippen LogP contribution in [0.2, 0.25) is 0 Å². The van der Waals surface area contributed by atoms with Gasteiger partial charge in [-0.2, -0.15) is 5.26 Å². The summed E-state index contributed by atoms with van der Waals surface area (Å²) in [5.41, 5.74) is 0.979. The van der Waals surface area contributed by atoms with Crippen LogP contribution in [0, 0.1) is 11.3 Å². The van der Waals surface area contributed by atoms with Gasteiger partial charge in [0.1, 0.15) is 5.76 Å². The van der Waals surface area contributed by atoms with Crippen molar-refractivity contribution in [3.05, 3.63) is 53.6 Å². The fourth-order valence-electron chi connectivity index (χ4n) is 1.31. The maximum absolute atomic E-state index is 11.2. The molecular formula is C15H13NO4. The average molecular weight is 271 g/mol. The number of benzene rings is 1. The Balaban J connectivity index is 2.72. The number of carbonyl (C=O) groups excluding carboxylic acids is 2. The lowest BCUT2D eigenvalue weighted by atomic mass is 10.1. The van der Waals surface area contributed by atoms with Gasteiger partial charge in [0, 0.05) is 5.56 Å². The number of ketones is 1. The smallest absolute Gasteiger partial charge is 0.379 e. The number of hydrogen-bond donors (Lipinski definition) is 1. The van der Waals surface area contributed by atoms with Crippen molar-refractivity contribution < 1.29 is 19.4 Å². The highest BCUT2D eigenvalue weighted by molar-refractivity contribution is 6.38. The number of rotatable bonds is 5. The maximum atomic E-state index is 11.2. The highest BCUT2D eigenvalue weighted by Gasteiger charge is 2.09. The summed E-state index contributed by atoms with van der Waals surface area (Å²) in [5.74, 6) is -1.81. The minimum atomic E-state index is -0.935. The lowest BCUT2D eigenvalue weighted by molar-refractivity contribution is -0.151. The molecule has 0 spiro atoms. The molecule has 0 saturated carbocycles. The molecule has 1 aromatic carbocycles. The van der Waals surface area contributed by atoms with E-state index in [0.717, 1.165) is 6.08 Å². The zero-order valence-electron chi connectivity index (χ0n) is 10.9. The molecule has 1 rings (SSSR count). The Hall–Kier alpha value is -2.87. The van der Waals surface area contributed by atoms with Crippen LogP contribution in [0.5, 0.6) is 0 Å². The van der Waals surface area contributed by atoms with Crippen molar-refractivity contribution in [3.63, 3.8) is 0 Å². The summed E-state index contributed by atoms with van der Waals surface area (Å²) in [6, 6.07) is 8.24. The van der Waals surface area contributed by atoms with Gasteiger partial charge in [-0.3, -0.25) is 4.79 Å². The molecule has 5 nitrogen and oxygen atoms in total. The monoisotopic (exact) mass is 271 g/mol. The van der Waals surface area contributed by atoms with Crippen LogP contribution < -0.4 is 0 Å². The first kappa shape index (κ1) is 15.2. The van der Waals surface area contributed by atoms with Gasteiger partial charge in [0.25, 0.3) is 5.78 Å². The summed E-state index contributed by atoms with van der Waals surface area (Å²) < 4.78 is 4.52. The van der Waals surface area contributed by atoms with E-state index in [1.54, 1.807) is 31.2 Å². The predicted molar refractivity (Wildman–Crippen MR) is 72.5 cm³/mol. The molecule has 0 bridgehead atoms. The second-order valence-electron chi connectivity index (χ2n) is 3.68. The predicted octanol–water partition coefficient (Wildman–Crippen LogP) is 2.15. The fraction of sp³-hybridized carbons (Fsp3) is 0.133. The van der Waals surface area contributed by atoms with E-state index in [1.807, 2.05) is 6.07 Å². The van der Waals surface area contributed by atoms with Gasteiger partial charge in [0.2, 0.25) is 0 Å². The molecule has 1 aromatic rings. The fourth-order valence-corrected chi connectivity index (χ4v) is 1.31. The number of ether oxygens (including phenoxy) is 1. The van der Waals surface area contributed by atoms with Gasteiger partial charge in [-0.05, 0) is 43.3 Å². The molecule has 20 heavy (non-hydrogen) atoms. The van der Waals surface area contributed by atoms with Crippen LogP contribution in [0.1, 0.15) is 18.1 Å². The van der Waals surface area contributed by atoms with E-state index >= 15 is 0 Å². The van der Waals surface area contributed by atoms with Gasteiger partial charge in [0.15, 0.2) is 0 Å². The van der Waals surface area contributed by atoms with Crippen molar-refractivity contribution in [2.75, 3.05) is 6.61 Å². The normalized spacial score (nSPS) is 11.1. The third-order valence-electron chi connectivity index (χ3n) is 2.29. The lowest BCUT2D eigenvalue weighted by Crippen LogP contribution is -2.14.